The quantitative estimate of drug-likeness (QED) is 0.624. The standard InChI is InChI=1S/C17H29NO/c1-3-4-5-6-8-11-15(2)18-17(14-19)16-12-9-7-10-13-16/h7,9-10,12-13,15,17-19H,3-6,8,11,14H2,1-2H3. The van der Waals surface area contributed by atoms with Gasteiger partial charge in [-0.1, -0.05) is 69.4 Å². The summed E-state index contributed by atoms with van der Waals surface area (Å²) in [6, 6.07) is 10.7. The molecule has 0 aromatic heterocycles. The summed E-state index contributed by atoms with van der Waals surface area (Å²) in [4.78, 5) is 0. The number of rotatable bonds is 10. The third-order valence-corrected chi connectivity index (χ3v) is 3.61. The van der Waals surface area contributed by atoms with Gasteiger partial charge in [-0.15, -0.1) is 0 Å². The Morgan fingerprint density at radius 3 is 2.37 bits per heavy atom. The van der Waals surface area contributed by atoms with Gasteiger partial charge in [-0.25, -0.2) is 0 Å². The van der Waals surface area contributed by atoms with Gasteiger partial charge in [0.2, 0.25) is 0 Å². The lowest BCUT2D eigenvalue weighted by molar-refractivity contribution is 0.232. The monoisotopic (exact) mass is 263 g/mol. The molecule has 0 fully saturated rings. The molecule has 1 aromatic carbocycles. The van der Waals surface area contributed by atoms with Crippen LogP contribution in [-0.4, -0.2) is 17.8 Å². The number of aliphatic hydroxyl groups excluding tert-OH is 1. The van der Waals surface area contributed by atoms with E-state index >= 15 is 0 Å². The molecule has 19 heavy (non-hydrogen) atoms. The Morgan fingerprint density at radius 2 is 1.74 bits per heavy atom. The SMILES string of the molecule is CCCCCCCC(C)NC(CO)c1ccccc1. The van der Waals surface area contributed by atoms with Crippen LogP contribution in [0.3, 0.4) is 0 Å². The third kappa shape index (κ3) is 6.74. The first kappa shape index (κ1) is 16.2. The van der Waals surface area contributed by atoms with Gasteiger partial charge < -0.3 is 10.4 Å². The van der Waals surface area contributed by atoms with E-state index in [0.717, 1.165) is 0 Å². The van der Waals surface area contributed by atoms with Crippen LogP contribution in [0.4, 0.5) is 0 Å². The highest BCUT2D eigenvalue weighted by Crippen LogP contribution is 2.14. The molecule has 0 aliphatic heterocycles. The van der Waals surface area contributed by atoms with Crippen molar-refractivity contribution in [1.82, 2.24) is 5.32 Å². The lowest BCUT2D eigenvalue weighted by Crippen LogP contribution is -2.32. The number of aliphatic hydroxyl groups is 1. The molecule has 0 spiro atoms. The van der Waals surface area contributed by atoms with E-state index in [1.54, 1.807) is 0 Å². The summed E-state index contributed by atoms with van der Waals surface area (Å²) in [5.74, 6) is 0. The molecule has 2 N–H and O–H groups in total. The van der Waals surface area contributed by atoms with Crippen molar-refractivity contribution in [2.45, 2.75) is 64.5 Å². The second-order valence-electron chi connectivity index (χ2n) is 5.42. The maximum Gasteiger partial charge on any atom is 0.0626 e. The average molecular weight is 263 g/mol. The van der Waals surface area contributed by atoms with Gasteiger partial charge in [0, 0.05) is 6.04 Å². The predicted molar refractivity (Wildman–Crippen MR) is 82.2 cm³/mol. The average Bonchev–Trinajstić information content (AvgIpc) is 2.45. The number of unbranched alkanes of at least 4 members (excludes halogenated alkanes) is 4. The van der Waals surface area contributed by atoms with E-state index in [4.69, 9.17) is 0 Å². The van der Waals surface area contributed by atoms with Gasteiger partial charge >= 0.3 is 0 Å². The Kier molecular flexibility index (Phi) is 8.52. The van der Waals surface area contributed by atoms with Gasteiger partial charge in [0.15, 0.2) is 0 Å². The molecule has 1 aromatic rings. The summed E-state index contributed by atoms with van der Waals surface area (Å²) in [5, 5.41) is 13.0. The van der Waals surface area contributed by atoms with Crippen LogP contribution in [0.25, 0.3) is 0 Å². The van der Waals surface area contributed by atoms with Crippen LogP contribution >= 0.6 is 0 Å². The normalized spacial score (nSPS) is 14.3. The molecule has 0 saturated carbocycles. The van der Waals surface area contributed by atoms with Gasteiger partial charge in [0.05, 0.1) is 12.6 Å². The number of hydrogen-bond acceptors (Lipinski definition) is 2. The van der Waals surface area contributed by atoms with Crippen molar-refractivity contribution in [2.24, 2.45) is 0 Å². The smallest absolute Gasteiger partial charge is 0.0626 e. The molecule has 1 rings (SSSR count). The summed E-state index contributed by atoms with van der Waals surface area (Å²) in [5.41, 5.74) is 1.17. The lowest BCUT2D eigenvalue weighted by Gasteiger charge is -2.22. The van der Waals surface area contributed by atoms with Gasteiger partial charge in [-0.05, 0) is 18.9 Å². The van der Waals surface area contributed by atoms with Gasteiger partial charge in [-0.2, -0.15) is 0 Å². The first-order valence-electron chi connectivity index (χ1n) is 7.69. The fourth-order valence-corrected chi connectivity index (χ4v) is 2.42. The molecule has 0 heterocycles. The molecular formula is C17H29NO. The molecular weight excluding hydrogens is 234 g/mol. The summed E-state index contributed by atoms with van der Waals surface area (Å²) in [7, 11) is 0. The zero-order valence-electron chi connectivity index (χ0n) is 12.4. The van der Waals surface area contributed by atoms with Crippen molar-refractivity contribution in [3.8, 4) is 0 Å². The molecule has 2 nitrogen and oxygen atoms in total. The van der Waals surface area contributed by atoms with Crippen LogP contribution in [-0.2, 0) is 0 Å². The third-order valence-electron chi connectivity index (χ3n) is 3.61. The van der Waals surface area contributed by atoms with Crippen LogP contribution < -0.4 is 5.32 Å². The summed E-state index contributed by atoms with van der Waals surface area (Å²) < 4.78 is 0. The van der Waals surface area contributed by atoms with Crippen LogP contribution in [0.2, 0.25) is 0 Å². The largest absolute Gasteiger partial charge is 0.394 e. The zero-order chi connectivity index (χ0) is 13.9. The maximum absolute atomic E-state index is 9.51. The van der Waals surface area contributed by atoms with Gasteiger partial charge in [0.25, 0.3) is 0 Å². The van der Waals surface area contributed by atoms with E-state index in [1.165, 1.54) is 44.1 Å². The molecule has 0 bridgehead atoms. The van der Waals surface area contributed by atoms with Crippen molar-refractivity contribution in [3.63, 3.8) is 0 Å². The van der Waals surface area contributed by atoms with Crippen molar-refractivity contribution in [1.29, 1.82) is 0 Å². The molecule has 2 heteroatoms. The number of benzene rings is 1. The Bertz CT molecular complexity index is 312. The molecule has 108 valence electrons. The van der Waals surface area contributed by atoms with Crippen LogP contribution in [0, 0.1) is 0 Å². The second-order valence-corrected chi connectivity index (χ2v) is 5.42. The van der Waals surface area contributed by atoms with Crippen LogP contribution in [0.5, 0.6) is 0 Å². The van der Waals surface area contributed by atoms with Gasteiger partial charge in [-0.3, -0.25) is 0 Å². The second kappa shape index (κ2) is 9.99. The van der Waals surface area contributed by atoms with Crippen molar-refractivity contribution >= 4 is 0 Å². The lowest BCUT2D eigenvalue weighted by atomic mass is 10.0. The van der Waals surface area contributed by atoms with Crippen LogP contribution in [0.1, 0.15) is 64.0 Å². The highest BCUT2D eigenvalue weighted by Gasteiger charge is 2.12. The van der Waals surface area contributed by atoms with E-state index in [1.807, 2.05) is 18.2 Å². The number of hydrogen-bond donors (Lipinski definition) is 2. The van der Waals surface area contributed by atoms with Crippen molar-refractivity contribution in [3.05, 3.63) is 35.9 Å². The first-order valence-corrected chi connectivity index (χ1v) is 7.69. The van der Waals surface area contributed by atoms with Gasteiger partial charge in [0.1, 0.15) is 0 Å². The fourth-order valence-electron chi connectivity index (χ4n) is 2.42. The molecule has 2 atom stereocenters. The van der Waals surface area contributed by atoms with Crippen molar-refractivity contribution < 1.29 is 5.11 Å². The highest BCUT2D eigenvalue weighted by atomic mass is 16.3. The predicted octanol–water partition coefficient (Wildman–Crippen LogP) is 4.06. The molecule has 0 radical (unpaired) electrons. The molecule has 2 unspecified atom stereocenters. The Hall–Kier alpha value is -0.860. The fraction of sp³-hybridized carbons (Fsp3) is 0.647. The van der Waals surface area contributed by atoms with Crippen molar-refractivity contribution in [2.75, 3.05) is 6.61 Å². The maximum atomic E-state index is 9.51. The highest BCUT2D eigenvalue weighted by molar-refractivity contribution is 5.19. The Balaban J connectivity index is 2.27. The molecule has 0 amide bonds. The molecule has 0 saturated heterocycles. The minimum atomic E-state index is 0.0619. The summed E-state index contributed by atoms with van der Waals surface area (Å²) in [6.45, 7) is 4.62. The van der Waals surface area contributed by atoms with E-state index in [-0.39, 0.29) is 12.6 Å². The Labute approximate surface area is 118 Å². The van der Waals surface area contributed by atoms with E-state index < -0.39 is 0 Å². The topological polar surface area (TPSA) is 32.3 Å². The first-order chi connectivity index (χ1) is 9.27. The minimum absolute atomic E-state index is 0.0619. The van der Waals surface area contributed by atoms with E-state index in [2.05, 4.69) is 31.3 Å². The summed E-state index contributed by atoms with van der Waals surface area (Å²) in [6.07, 6.45) is 7.80. The van der Waals surface area contributed by atoms with E-state index in [0.29, 0.717) is 6.04 Å². The molecule has 0 aliphatic carbocycles. The number of nitrogens with one attached hydrogen (secondary N) is 1. The van der Waals surface area contributed by atoms with Crippen LogP contribution in [0.15, 0.2) is 30.3 Å². The molecule has 0 aliphatic rings. The Morgan fingerprint density at radius 1 is 1.05 bits per heavy atom. The summed E-state index contributed by atoms with van der Waals surface area (Å²) >= 11 is 0. The zero-order valence-corrected chi connectivity index (χ0v) is 12.4. The van der Waals surface area contributed by atoms with E-state index in [9.17, 15) is 5.11 Å². The minimum Gasteiger partial charge on any atom is -0.394 e.